The zero-order valence-corrected chi connectivity index (χ0v) is 38.8. The van der Waals surface area contributed by atoms with Crippen molar-refractivity contribution in [2.75, 3.05) is 13.2 Å². The highest BCUT2D eigenvalue weighted by Crippen LogP contribution is 2.16. The first-order chi connectivity index (χ1) is 28.5. The van der Waals surface area contributed by atoms with Crippen LogP contribution in [0.1, 0.15) is 271 Å². The second-order valence-corrected chi connectivity index (χ2v) is 17.1. The minimum Gasteiger partial charge on any atom is -0.462 e. The molecule has 0 aliphatic rings. The van der Waals surface area contributed by atoms with Gasteiger partial charge in [-0.3, -0.25) is 14.4 Å². The van der Waals surface area contributed by atoms with Crippen molar-refractivity contribution >= 4 is 17.9 Å². The van der Waals surface area contributed by atoms with E-state index < -0.39 is 6.10 Å². The number of allylic oxidation sites excluding steroid dienone is 4. The lowest BCUT2D eigenvalue weighted by Crippen LogP contribution is -2.30. The van der Waals surface area contributed by atoms with Crippen LogP contribution >= 0.6 is 0 Å². The normalized spacial score (nSPS) is 12.1. The molecule has 0 aromatic heterocycles. The average Bonchev–Trinajstić information content (AvgIpc) is 3.22. The van der Waals surface area contributed by atoms with Gasteiger partial charge >= 0.3 is 17.9 Å². The highest BCUT2D eigenvalue weighted by molar-refractivity contribution is 5.71. The van der Waals surface area contributed by atoms with Crippen LogP contribution in [0.5, 0.6) is 0 Å². The van der Waals surface area contributed by atoms with Crippen molar-refractivity contribution in [3.8, 4) is 0 Å². The van der Waals surface area contributed by atoms with E-state index in [0.29, 0.717) is 19.3 Å². The van der Waals surface area contributed by atoms with Gasteiger partial charge in [-0.1, -0.05) is 225 Å². The van der Waals surface area contributed by atoms with E-state index in [1.807, 2.05) is 0 Å². The van der Waals surface area contributed by atoms with Crippen LogP contribution in [0, 0.1) is 0 Å². The van der Waals surface area contributed by atoms with Gasteiger partial charge < -0.3 is 14.2 Å². The van der Waals surface area contributed by atoms with Gasteiger partial charge in [0.05, 0.1) is 0 Å². The van der Waals surface area contributed by atoms with E-state index in [1.54, 1.807) is 0 Å². The van der Waals surface area contributed by atoms with Gasteiger partial charge in [-0.2, -0.15) is 0 Å². The molecule has 0 bridgehead atoms. The molecule has 6 heteroatoms. The van der Waals surface area contributed by atoms with Gasteiger partial charge in [0.1, 0.15) is 13.2 Å². The van der Waals surface area contributed by atoms with Crippen LogP contribution < -0.4 is 0 Å². The second-order valence-electron chi connectivity index (χ2n) is 17.1. The van der Waals surface area contributed by atoms with Crippen LogP contribution in [-0.2, 0) is 28.6 Å². The molecule has 0 saturated carbocycles. The van der Waals surface area contributed by atoms with Crippen LogP contribution in [0.25, 0.3) is 0 Å². The van der Waals surface area contributed by atoms with E-state index in [1.165, 1.54) is 154 Å². The summed E-state index contributed by atoms with van der Waals surface area (Å²) in [5.41, 5.74) is 0. The molecule has 0 fully saturated rings. The standard InChI is InChI=1S/C52H96O6/c1-4-7-10-13-16-19-21-23-25-26-28-29-31-33-36-39-42-45-51(54)57-48-49(47-56-50(53)44-41-38-35-18-15-12-9-6-3)58-52(55)46-43-40-37-34-32-30-27-24-22-20-17-14-11-8-5-2/h17,20,24,27,49H,4-16,18-19,21-23,25-26,28-48H2,1-3H3/b20-17-,27-24-. The van der Waals surface area contributed by atoms with Crippen molar-refractivity contribution in [3.63, 3.8) is 0 Å². The van der Waals surface area contributed by atoms with Crippen LogP contribution in [0.4, 0.5) is 0 Å². The summed E-state index contributed by atoms with van der Waals surface area (Å²) in [6, 6.07) is 0. The van der Waals surface area contributed by atoms with Gasteiger partial charge in [0.25, 0.3) is 0 Å². The number of carbonyl (C=O) groups excluding carboxylic acids is 3. The molecule has 0 amide bonds. The Morgan fingerprint density at radius 1 is 0.345 bits per heavy atom. The Bertz CT molecular complexity index is 942. The number of esters is 3. The Morgan fingerprint density at radius 3 is 0.983 bits per heavy atom. The molecule has 0 heterocycles. The maximum Gasteiger partial charge on any atom is 0.306 e. The summed E-state index contributed by atoms with van der Waals surface area (Å²) in [7, 11) is 0. The Kier molecular flexibility index (Phi) is 45.8. The molecular weight excluding hydrogens is 721 g/mol. The summed E-state index contributed by atoms with van der Waals surface area (Å²) in [5, 5.41) is 0. The molecule has 0 spiro atoms. The van der Waals surface area contributed by atoms with E-state index >= 15 is 0 Å². The van der Waals surface area contributed by atoms with E-state index in [-0.39, 0.29) is 31.1 Å². The molecular formula is C52H96O6. The van der Waals surface area contributed by atoms with Gasteiger partial charge in [0.2, 0.25) is 0 Å². The third kappa shape index (κ3) is 45.0. The maximum atomic E-state index is 12.7. The summed E-state index contributed by atoms with van der Waals surface area (Å²) in [6.07, 6.45) is 53.1. The first-order valence-electron chi connectivity index (χ1n) is 25.3. The molecule has 1 unspecified atom stereocenters. The van der Waals surface area contributed by atoms with Crippen LogP contribution in [-0.4, -0.2) is 37.2 Å². The van der Waals surface area contributed by atoms with Gasteiger partial charge in [0, 0.05) is 19.3 Å². The summed E-state index contributed by atoms with van der Waals surface area (Å²) >= 11 is 0. The molecule has 0 N–H and O–H groups in total. The Hall–Kier alpha value is -2.11. The molecule has 0 aliphatic carbocycles. The first-order valence-corrected chi connectivity index (χ1v) is 25.3. The lowest BCUT2D eigenvalue weighted by molar-refractivity contribution is -0.167. The smallest absolute Gasteiger partial charge is 0.306 e. The monoisotopic (exact) mass is 817 g/mol. The predicted molar refractivity (Wildman–Crippen MR) is 247 cm³/mol. The van der Waals surface area contributed by atoms with Crippen molar-refractivity contribution in [2.24, 2.45) is 0 Å². The summed E-state index contributed by atoms with van der Waals surface area (Å²) < 4.78 is 16.7. The molecule has 6 nitrogen and oxygen atoms in total. The number of unbranched alkanes of at least 4 members (excludes halogenated alkanes) is 31. The lowest BCUT2D eigenvalue weighted by Gasteiger charge is -2.18. The van der Waals surface area contributed by atoms with Crippen molar-refractivity contribution in [3.05, 3.63) is 24.3 Å². The molecule has 0 saturated heterocycles. The highest BCUT2D eigenvalue weighted by Gasteiger charge is 2.19. The molecule has 1 atom stereocenters. The van der Waals surface area contributed by atoms with E-state index in [2.05, 4.69) is 45.1 Å². The van der Waals surface area contributed by atoms with Gasteiger partial charge in [-0.05, 0) is 51.4 Å². The van der Waals surface area contributed by atoms with Crippen molar-refractivity contribution in [2.45, 2.75) is 277 Å². The summed E-state index contributed by atoms with van der Waals surface area (Å²) in [6.45, 7) is 6.60. The fourth-order valence-corrected chi connectivity index (χ4v) is 7.36. The highest BCUT2D eigenvalue weighted by atomic mass is 16.6. The molecule has 0 aromatic rings. The van der Waals surface area contributed by atoms with Crippen molar-refractivity contribution in [1.29, 1.82) is 0 Å². The predicted octanol–water partition coefficient (Wildman–Crippen LogP) is 16.4. The fraction of sp³-hybridized carbons (Fsp3) is 0.865. The Balaban J connectivity index is 4.28. The minimum absolute atomic E-state index is 0.0727. The summed E-state index contributed by atoms with van der Waals surface area (Å²) in [5.74, 6) is -0.879. The fourth-order valence-electron chi connectivity index (χ4n) is 7.36. The summed E-state index contributed by atoms with van der Waals surface area (Å²) in [4.78, 5) is 37.8. The molecule has 0 aliphatic heterocycles. The third-order valence-electron chi connectivity index (χ3n) is 11.2. The quantitative estimate of drug-likeness (QED) is 0.0263. The minimum atomic E-state index is -0.771. The third-order valence-corrected chi connectivity index (χ3v) is 11.2. The van der Waals surface area contributed by atoms with Crippen molar-refractivity contribution in [1.82, 2.24) is 0 Å². The number of hydrogen-bond acceptors (Lipinski definition) is 6. The van der Waals surface area contributed by atoms with Gasteiger partial charge in [-0.25, -0.2) is 0 Å². The first kappa shape index (κ1) is 55.9. The molecule has 0 aromatic carbocycles. The Labute approximate surface area is 360 Å². The van der Waals surface area contributed by atoms with E-state index in [9.17, 15) is 14.4 Å². The van der Waals surface area contributed by atoms with Crippen LogP contribution in [0.2, 0.25) is 0 Å². The van der Waals surface area contributed by atoms with Crippen LogP contribution in [0.15, 0.2) is 24.3 Å². The van der Waals surface area contributed by atoms with Crippen LogP contribution in [0.3, 0.4) is 0 Å². The number of rotatable bonds is 46. The van der Waals surface area contributed by atoms with E-state index in [4.69, 9.17) is 14.2 Å². The average molecular weight is 817 g/mol. The van der Waals surface area contributed by atoms with Crippen molar-refractivity contribution < 1.29 is 28.6 Å². The zero-order valence-electron chi connectivity index (χ0n) is 38.8. The lowest BCUT2D eigenvalue weighted by atomic mass is 10.0. The molecule has 340 valence electrons. The number of ether oxygens (including phenoxy) is 3. The Morgan fingerprint density at radius 2 is 0.621 bits per heavy atom. The zero-order chi connectivity index (χ0) is 42.3. The topological polar surface area (TPSA) is 78.9 Å². The van der Waals surface area contributed by atoms with Gasteiger partial charge in [-0.15, -0.1) is 0 Å². The molecule has 0 rings (SSSR count). The van der Waals surface area contributed by atoms with Gasteiger partial charge in [0.15, 0.2) is 6.10 Å². The number of carbonyl (C=O) groups is 3. The SMILES string of the molecule is CCCCC/C=C\C/C=C\CCCCCCCC(=O)OC(COC(=O)CCCCCCCCCC)COC(=O)CCCCCCCCCCCCCCCCCCC. The van der Waals surface area contributed by atoms with E-state index in [0.717, 1.165) is 77.0 Å². The maximum absolute atomic E-state index is 12.7. The molecule has 58 heavy (non-hydrogen) atoms. The second kappa shape index (κ2) is 47.6. The largest absolute Gasteiger partial charge is 0.462 e. The number of hydrogen-bond donors (Lipinski definition) is 0. The molecule has 0 radical (unpaired) electrons.